The minimum atomic E-state index is -0.617. The van der Waals surface area contributed by atoms with Crippen LogP contribution in [0.15, 0.2) is 66.9 Å². The zero-order chi connectivity index (χ0) is 17.8. The Kier molecular flexibility index (Phi) is 5.12. The van der Waals surface area contributed by atoms with Gasteiger partial charge in [-0.25, -0.2) is 9.78 Å². The predicted octanol–water partition coefficient (Wildman–Crippen LogP) is 4.84. The zero-order valence-corrected chi connectivity index (χ0v) is 14.3. The summed E-state index contributed by atoms with van der Waals surface area (Å²) in [5.41, 5.74) is 1.27. The Hall–Kier alpha value is -2.69. The highest BCUT2D eigenvalue weighted by molar-refractivity contribution is 6.41. The molecule has 0 bridgehead atoms. The van der Waals surface area contributed by atoms with Crippen LogP contribution in [0, 0.1) is 0 Å². The SMILES string of the molecule is O=C(Oc1ccc(C(=O)c2ccccc2)cc1)c1cnc(Cl)c(Cl)c1. The van der Waals surface area contributed by atoms with Gasteiger partial charge in [0, 0.05) is 17.3 Å². The van der Waals surface area contributed by atoms with Crippen molar-refractivity contribution in [3.63, 3.8) is 0 Å². The molecular weight excluding hydrogens is 361 g/mol. The first kappa shape index (κ1) is 17.1. The van der Waals surface area contributed by atoms with Crippen molar-refractivity contribution in [3.8, 4) is 5.75 Å². The molecule has 0 saturated carbocycles. The van der Waals surface area contributed by atoms with Crippen LogP contribution in [0.4, 0.5) is 0 Å². The molecule has 0 radical (unpaired) electrons. The second kappa shape index (κ2) is 7.47. The number of ether oxygens (including phenoxy) is 1. The van der Waals surface area contributed by atoms with Crippen LogP contribution in [0.3, 0.4) is 0 Å². The van der Waals surface area contributed by atoms with Crippen LogP contribution in [0.2, 0.25) is 10.2 Å². The number of rotatable bonds is 4. The van der Waals surface area contributed by atoms with E-state index in [-0.39, 0.29) is 21.5 Å². The predicted molar refractivity (Wildman–Crippen MR) is 95.5 cm³/mol. The normalized spacial score (nSPS) is 10.3. The molecule has 3 aromatic rings. The van der Waals surface area contributed by atoms with Crippen molar-refractivity contribution in [2.75, 3.05) is 0 Å². The smallest absolute Gasteiger partial charge is 0.345 e. The number of carbonyl (C=O) groups excluding carboxylic acids is 2. The first-order valence-electron chi connectivity index (χ1n) is 7.27. The topological polar surface area (TPSA) is 56.3 Å². The second-order valence-electron chi connectivity index (χ2n) is 5.11. The van der Waals surface area contributed by atoms with E-state index in [9.17, 15) is 9.59 Å². The van der Waals surface area contributed by atoms with Gasteiger partial charge in [-0.2, -0.15) is 0 Å². The molecule has 0 spiro atoms. The number of ketones is 1. The van der Waals surface area contributed by atoms with Gasteiger partial charge in [0.1, 0.15) is 10.9 Å². The Morgan fingerprint density at radius 2 is 1.48 bits per heavy atom. The lowest BCUT2D eigenvalue weighted by atomic mass is 10.0. The van der Waals surface area contributed by atoms with Crippen LogP contribution < -0.4 is 4.74 Å². The molecule has 0 aliphatic rings. The number of pyridine rings is 1. The van der Waals surface area contributed by atoms with Crippen molar-refractivity contribution in [2.24, 2.45) is 0 Å². The Balaban J connectivity index is 1.73. The molecule has 4 nitrogen and oxygen atoms in total. The minimum absolute atomic E-state index is 0.104. The number of aromatic nitrogens is 1. The lowest BCUT2D eigenvalue weighted by molar-refractivity contribution is 0.0734. The highest BCUT2D eigenvalue weighted by atomic mass is 35.5. The average molecular weight is 372 g/mol. The summed E-state index contributed by atoms with van der Waals surface area (Å²) in [7, 11) is 0. The monoisotopic (exact) mass is 371 g/mol. The number of hydrogen-bond donors (Lipinski definition) is 0. The van der Waals surface area contributed by atoms with Crippen molar-refractivity contribution in [3.05, 3.63) is 93.7 Å². The molecule has 6 heteroatoms. The third-order valence-electron chi connectivity index (χ3n) is 3.40. The summed E-state index contributed by atoms with van der Waals surface area (Å²) in [6.45, 7) is 0. The van der Waals surface area contributed by atoms with Gasteiger partial charge in [-0.1, -0.05) is 53.5 Å². The zero-order valence-electron chi connectivity index (χ0n) is 12.8. The molecule has 0 fully saturated rings. The average Bonchev–Trinajstić information content (AvgIpc) is 2.64. The summed E-state index contributed by atoms with van der Waals surface area (Å²) in [6, 6.07) is 16.6. The fraction of sp³-hybridized carbons (Fsp3) is 0. The van der Waals surface area contributed by atoms with Crippen LogP contribution in [0.1, 0.15) is 26.3 Å². The van der Waals surface area contributed by atoms with E-state index in [1.807, 2.05) is 6.07 Å². The molecule has 0 saturated heterocycles. The van der Waals surface area contributed by atoms with Crippen molar-refractivity contribution >= 4 is 35.0 Å². The molecule has 0 unspecified atom stereocenters. The summed E-state index contributed by atoms with van der Waals surface area (Å²) in [5.74, 6) is -0.416. The van der Waals surface area contributed by atoms with E-state index in [2.05, 4.69) is 4.98 Å². The number of hydrogen-bond acceptors (Lipinski definition) is 4. The van der Waals surface area contributed by atoms with E-state index < -0.39 is 5.97 Å². The highest BCUT2D eigenvalue weighted by Crippen LogP contribution is 2.21. The van der Waals surface area contributed by atoms with E-state index in [0.29, 0.717) is 16.9 Å². The van der Waals surface area contributed by atoms with E-state index in [1.54, 1.807) is 48.5 Å². The first-order valence-corrected chi connectivity index (χ1v) is 8.03. The summed E-state index contributed by atoms with van der Waals surface area (Å²) < 4.78 is 5.24. The first-order chi connectivity index (χ1) is 12.0. The molecule has 2 aromatic carbocycles. The fourth-order valence-corrected chi connectivity index (χ4v) is 2.40. The maximum absolute atomic E-state index is 12.3. The van der Waals surface area contributed by atoms with E-state index in [1.165, 1.54) is 12.3 Å². The summed E-state index contributed by atoms with van der Waals surface area (Å²) in [6.07, 6.45) is 1.28. The van der Waals surface area contributed by atoms with Crippen LogP contribution in [-0.4, -0.2) is 16.7 Å². The minimum Gasteiger partial charge on any atom is -0.423 e. The van der Waals surface area contributed by atoms with Crippen molar-refractivity contribution in [2.45, 2.75) is 0 Å². The third-order valence-corrected chi connectivity index (χ3v) is 4.08. The molecule has 0 atom stereocenters. The molecule has 0 aliphatic carbocycles. The number of benzene rings is 2. The largest absolute Gasteiger partial charge is 0.423 e. The van der Waals surface area contributed by atoms with Gasteiger partial charge in [0.25, 0.3) is 0 Å². The van der Waals surface area contributed by atoms with E-state index in [4.69, 9.17) is 27.9 Å². The molecule has 0 amide bonds. The van der Waals surface area contributed by atoms with Gasteiger partial charge in [-0.05, 0) is 30.3 Å². The molecule has 0 aliphatic heterocycles. The molecule has 0 N–H and O–H groups in total. The Morgan fingerprint density at radius 1 is 0.840 bits per heavy atom. The van der Waals surface area contributed by atoms with Crippen molar-refractivity contribution in [1.29, 1.82) is 0 Å². The number of carbonyl (C=O) groups is 2. The standard InChI is InChI=1S/C19H11Cl2NO3/c20-16-10-14(11-22-18(16)21)19(24)25-15-8-6-13(7-9-15)17(23)12-4-2-1-3-5-12/h1-11H. The second-order valence-corrected chi connectivity index (χ2v) is 5.87. The van der Waals surface area contributed by atoms with Gasteiger partial charge < -0.3 is 4.74 Å². The molecule has 1 heterocycles. The highest BCUT2D eigenvalue weighted by Gasteiger charge is 2.13. The summed E-state index contributed by atoms with van der Waals surface area (Å²) in [4.78, 5) is 28.2. The van der Waals surface area contributed by atoms with Gasteiger partial charge in [0.2, 0.25) is 0 Å². The van der Waals surface area contributed by atoms with Gasteiger partial charge in [-0.15, -0.1) is 0 Å². The summed E-state index contributed by atoms with van der Waals surface area (Å²) in [5, 5.41) is 0.280. The Labute approximate surface area is 154 Å². The fourth-order valence-electron chi connectivity index (χ4n) is 2.13. The number of halogens is 2. The quantitative estimate of drug-likeness (QED) is 0.285. The Morgan fingerprint density at radius 3 is 2.12 bits per heavy atom. The van der Waals surface area contributed by atoms with Crippen LogP contribution >= 0.6 is 23.2 Å². The lowest BCUT2D eigenvalue weighted by Gasteiger charge is -2.06. The molecule has 3 rings (SSSR count). The van der Waals surface area contributed by atoms with Crippen molar-refractivity contribution < 1.29 is 14.3 Å². The molecule has 1 aromatic heterocycles. The van der Waals surface area contributed by atoms with Gasteiger partial charge >= 0.3 is 5.97 Å². The Bertz CT molecular complexity index is 925. The molecular formula is C19H11Cl2NO3. The van der Waals surface area contributed by atoms with Gasteiger partial charge in [0.05, 0.1) is 10.6 Å². The summed E-state index contributed by atoms with van der Waals surface area (Å²) >= 11 is 11.6. The maximum Gasteiger partial charge on any atom is 0.345 e. The third kappa shape index (κ3) is 4.05. The van der Waals surface area contributed by atoms with Crippen molar-refractivity contribution in [1.82, 2.24) is 4.98 Å². The van der Waals surface area contributed by atoms with Crippen LogP contribution in [0.5, 0.6) is 5.75 Å². The van der Waals surface area contributed by atoms with E-state index >= 15 is 0 Å². The van der Waals surface area contributed by atoms with Crippen LogP contribution in [0.25, 0.3) is 0 Å². The van der Waals surface area contributed by atoms with Gasteiger partial charge in [0.15, 0.2) is 5.78 Å². The molecule has 25 heavy (non-hydrogen) atoms. The number of esters is 1. The lowest BCUT2D eigenvalue weighted by Crippen LogP contribution is -2.09. The van der Waals surface area contributed by atoms with Gasteiger partial charge in [-0.3, -0.25) is 4.79 Å². The molecule has 124 valence electrons. The van der Waals surface area contributed by atoms with E-state index in [0.717, 1.165) is 0 Å². The van der Waals surface area contributed by atoms with Crippen LogP contribution in [-0.2, 0) is 0 Å². The number of nitrogens with zero attached hydrogens (tertiary/aromatic N) is 1. The maximum atomic E-state index is 12.3.